The summed E-state index contributed by atoms with van der Waals surface area (Å²) in [6, 6.07) is 16.2. The van der Waals surface area contributed by atoms with Gasteiger partial charge in [-0.2, -0.15) is 0 Å². The van der Waals surface area contributed by atoms with Crippen LogP contribution in [-0.4, -0.2) is 30.3 Å². The van der Waals surface area contributed by atoms with E-state index in [1.807, 2.05) is 43.3 Å². The van der Waals surface area contributed by atoms with Gasteiger partial charge >= 0.3 is 6.03 Å². The topological polar surface area (TPSA) is 50.8 Å². The number of amides is 2. The van der Waals surface area contributed by atoms with E-state index < -0.39 is 0 Å². The predicted octanol–water partition coefficient (Wildman–Crippen LogP) is 3.97. The van der Waals surface area contributed by atoms with Crippen LogP contribution in [0.15, 0.2) is 48.5 Å². The van der Waals surface area contributed by atoms with E-state index in [1.165, 1.54) is 5.56 Å². The van der Waals surface area contributed by atoms with Crippen LogP contribution < -0.4 is 14.8 Å². The molecule has 2 amide bonds. The summed E-state index contributed by atoms with van der Waals surface area (Å²) in [6.07, 6.45) is 1.87. The van der Waals surface area contributed by atoms with Gasteiger partial charge in [0, 0.05) is 19.1 Å². The molecule has 1 aliphatic heterocycles. The van der Waals surface area contributed by atoms with Crippen molar-refractivity contribution in [2.24, 2.45) is 0 Å². The van der Waals surface area contributed by atoms with E-state index >= 15 is 0 Å². The minimum absolute atomic E-state index is 0.0364. The molecule has 3 rings (SSSR count). The number of nitrogens with zero attached hydrogens (tertiary/aromatic N) is 1. The zero-order valence-corrected chi connectivity index (χ0v) is 15.4. The van der Waals surface area contributed by atoms with Gasteiger partial charge in [0.05, 0.1) is 0 Å². The summed E-state index contributed by atoms with van der Waals surface area (Å²) in [5, 5.41) is 3.10. The van der Waals surface area contributed by atoms with Crippen molar-refractivity contribution < 1.29 is 14.3 Å². The maximum Gasteiger partial charge on any atom is 0.317 e. The molecule has 0 bridgehead atoms. The van der Waals surface area contributed by atoms with Gasteiger partial charge in [0.25, 0.3) is 0 Å². The van der Waals surface area contributed by atoms with E-state index in [-0.39, 0.29) is 18.9 Å². The molecular weight excluding hydrogens is 328 g/mol. The van der Waals surface area contributed by atoms with Crippen LogP contribution in [-0.2, 0) is 13.0 Å². The summed E-state index contributed by atoms with van der Waals surface area (Å²) >= 11 is 0. The van der Waals surface area contributed by atoms with Gasteiger partial charge in [-0.25, -0.2) is 4.79 Å². The molecule has 5 heteroatoms. The first-order valence-corrected chi connectivity index (χ1v) is 9.13. The molecule has 1 aliphatic rings. The van der Waals surface area contributed by atoms with Gasteiger partial charge in [-0.05, 0) is 49.9 Å². The van der Waals surface area contributed by atoms with E-state index in [9.17, 15) is 4.79 Å². The second kappa shape index (κ2) is 8.61. The zero-order chi connectivity index (χ0) is 18.4. The van der Waals surface area contributed by atoms with Crippen LogP contribution >= 0.6 is 0 Å². The largest absolute Gasteiger partial charge is 0.454 e. The standard InChI is InChI=1S/C21H26N2O3/c1-3-23(14-18-11-12-19-20(13-18)26-15-25-19)21(24)22-16(2)9-10-17-7-5-4-6-8-17/h4-8,11-13,16H,3,9-10,14-15H2,1-2H3,(H,22,24)/t16-/m0/s1. The Kier molecular flexibility index (Phi) is 6.00. The molecule has 1 N–H and O–H groups in total. The average molecular weight is 354 g/mol. The predicted molar refractivity (Wildman–Crippen MR) is 101 cm³/mol. The number of aryl methyl sites for hydroxylation is 1. The van der Waals surface area contributed by atoms with E-state index in [2.05, 4.69) is 24.4 Å². The van der Waals surface area contributed by atoms with Crippen LogP contribution in [0.25, 0.3) is 0 Å². The molecule has 0 aliphatic carbocycles. The molecule has 2 aromatic rings. The van der Waals surface area contributed by atoms with E-state index in [1.54, 1.807) is 4.90 Å². The number of ether oxygens (including phenoxy) is 2. The van der Waals surface area contributed by atoms with Crippen LogP contribution in [0, 0.1) is 0 Å². The van der Waals surface area contributed by atoms with Crippen molar-refractivity contribution in [2.45, 2.75) is 39.3 Å². The molecule has 2 aromatic carbocycles. The number of rotatable bonds is 7. The van der Waals surface area contributed by atoms with Crippen LogP contribution in [0.5, 0.6) is 11.5 Å². The van der Waals surface area contributed by atoms with Crippen molar-refractivity contribution in [2.75, 3.05) is 13.3 Å². The molecule has 138 valence electrons. The Balaban J connectivity index is 1.51. The Hall–Kier alpha value is -2.69. The molecule has 0 fully saturated rings. The fourth-order valence-corrected chi connectivity index (χ4v) is 2.99. The Labute approximate surface area is 154 Å². The highest BCUT2D eigenvalue weighted by molar-refractivity contribution is 5.74. The van der Waals surface area contributed by atoms with Crippen molar-refractivity contribution in [3.05, 3.63) is 59.7 Å². The van der Waals surface area contributed by atoms with Crippen LogP contribution in [0.4, 0.5) is 4.79 Å². The normalized spacial score (nSPS) is 13.3. The molecular formula is C21H26N2O3. The van der Waals surface area contributed by atoms with E-state index in [4.69, 9.17) is 9.47 Å². The first kappa shape index (κ1) is 18.1. The Morgan fingerprint density at radius 3 is 2.65 bits per heavy atom. The lowest BCUT2D eigenvalue weighted by molar-refractivity contribution is 0.173. The molecule has 0 saturated carbocycles. The maximum absolute atomic E-state index is 12.6. The Bertz CT molecular complexity index is 733. The third-order valence-electron chi connectivity index (χ3n) is 4.56. The highest BCUT2D eigenvalue weighted by atomic mass is 16.7. The van der Waals surface area contributed by atoms with E-state index in [0.29, 0.717) is 13.1 Å². The lowest BCUT2D eigenvalue weighted by atomic mass is 10.1. The molecule has 0 saturated heterocycles. The lowest BCUT2D eigenvalue weighted by Crippen LogP contribution is -2.43. The molecule has 0 radical (unpaired) electrons. The fraction of sp³-hybridized carbons (Fsp3) is 0.381. The SMILES string of the molecule is CCN(Cc1ccc2c(c1)OCO2)C(=O)N[C@@H](C)CCc1ccccc1. The summed E-state index contributed by atoms with van der Waals surface area (Å²) in [7, 11) is 0. The Morgan fingerprint density at radius 1 is 1.12 bits per heavy atom. The second-order valence-corrected chi connectivity index (χ2v) is 6.58. The molecule has 1 heterocycles. The average Bonchev–Trinajstić information content (AvgIpc) is 3.13. The number of urea groups is 1. The minimum Gasteiger partial charge on any atom is -0.454 e. The van der Waals surface area contributed by atoms with Crippen molar-refractivity contribution in [3.8, 4) is 11.5 Å². The third kappa shape index (κ3) is 4.69. The number of fused-ring (bicyclic) bond motifs is 1. The summed E-state index contributed by atoms with van der Waals surface area (Å²) in [6.45, 7) is 5.49. The number of hydrogen-bond donors (Lipinski definition) is 1. The summed E-state index contributed by atoms with van der Waals surface area (Å²) < 4.78 is 10.7. The van der Waals surface area contributed by atoms with Crippen LogP contribution in [0.2, 0.25) is 0 Å². The minimum atomic E-state index is -0.0364. The van der Waals surface area contributed by atoms with Gasteiger partial charge in [-0.1, -0.05) is 36.4 Å². The number of benzene rings is 2. The molecule has 0 spiro atoms. The molecule has 1 atom stereocenters. The molecule has 0 aromatic heterocycles. The summed E-state index contributed by atoms with van der Waals surface area (Å²) in [5.74, 6) is 1.51. The second-order valence-electron chi connectivity index (χ2n) is 6.58. The van der Waals surface area contributed by atoms with Crippen molar-refractivity contribution in [1.29, 1.82) is 0 Å². The number of nitrogens with one attached hydrogen (secondary N) is 1. The summed E-state index contributed by atoms with van der Waals surface area (Å²) in [4.78, 5) is 14.4. The van der Waals surface area contributed by atoms with Crippen LogP contribution in [0.3, 0.4) is 0 Å². The highest BCUT2D eigenvalue weighted by Gasteiger charge is 2.17. The zero-order valence-electron chi connectivity index (χ0n) is 15.4. The monoisotopic (exact) mass is 354 g/mol. The molecule has 0 unspecified atom stereocenters. The van der Waals surface area contributed by atoms with Gasteiger partial charge in [-0.3, -0.25) is 0 Å². The maximum atomic E-state index is 12.6. The first-order chi connectivity index (χ1) is 12.7. The van der Waals surface area contributed by atoms with Crippen molar-refractivity contribution in [3.63, 3.8) is 0 Å². The van der Waals surface area contributed by atoms with Gasteiger partial charge in [0.15, 0.2) is 11.5 Å². The number of carbonyl (C=O) groups is 1. The number of carbonyl (C=O) groups excluding carboxylic acids is 1. The van der Waals surface area contributed by atoms with Gasteiger partial charge in [0.1, 0.15) is 0 Å². The van der Waals surface area contributed by atoms with Gasteiger partial charge in [0.2, 0.25) is 6.79 Å². The fourth-order valence-electron chi connectivity index (χ4n) is 2.99. The first-order valence-electron chi connectivity index (χ1n) is 9.13. The molecule has 5 nitrogen and oxygen atoms in total. The smallest absolute Gasteiger partial charge is 0.317 e. The lowest BCUT2D eigenvalue weighted by Gasteiger charge is -2.24. The van der Waals surface area contributed by atoms with Crippen molar-refractivity contribution >= 4 is 6.03 Å². The quantitative estimate of drug-likeness (QED) is 0.818. The molecule has 26 heavy (non-hydrogen) atoms. The van der Waals surface area contributed by atoms with Crippen LogP contribution in [0.1, 0.15) is 31.4 Å². The summed E-state index contributed by atoms with van der Waals surface area (Å²) in [5.41, 5.74) is 2.32. The van der Waals surface area contributed by atoms with Gasteiger partial charge < -0.3 is 19.7 Å². The highest BCUT2D eigenvalue weighted by Crippen LogP contribution is 2.32. The van der Waals surface area contributed by atoms with E-state index in [0.717, 1.165) is 29.9 Å². The Morgan fingerprint density at radius 2 is 1.88 bits per heavy atom. The van der Waals surface area contributed by atoms with Crippen molar-refractivity contribution in [1.82, 2.24) is 10.2 Å². The van der Waals surface area contributed by atoms with Gasteiger partial charge in [-0.15, -0.1) is 0 Å². The number of hydrogen-bond acceptors (Lipinski definition) is 3. The third-order valence-corrected chi connectivity index (χ3v) is 4.56.